The fourth-order valence-electron chi connectivity index (χ4n) is 2.66. The van der Waals surface area contributed by atoms with Crippen LogP contribution in [-0.2, 0) is 10.0 Å². The van der Waals surface area contributed by atoms with Crippen molar-refractivity contribution < 1.29 is 23.1 Å². The highest BCUT2D eigenvalue weighted by atomic mass is 32.2. The number of anilines is 1. The summed E-state index contributed by atoms with van der Waals surface area (Å²) in [6.45, 7) is 2.96. The summed E-state index contributed by atoms with van der Waals surface area (Å²) in [4.78, 5) is 13.4. The molecule has 28 heavy (non-hydrogen) atoms. The average molecular weight is 407 g/mol. The van der Waals surface area contributed by atoms with Crippen LogP contribution in [0.1, 0.15) is 34.5 Å². The van der Waals surface area contributed by atoms with Crippen LogP contribution in [0.2, 0.25) is 0 Å². The van der Waals surface area contributed by atoms with Crippen LogP contribution >= 0.6 is 0 Å². The summed E-state index contributed by atoms with van der Waals surface area (Å²) in [5.41, 5.74) is 0.602. The molecule has 152 valence electrons. The number of carbonyl (C=O) groups is 1. The molecule has 0 aliphatic rings. The van der Waals surface area contributed by atoms with Crippen molar-refractivity contribution in [3.63, 3.8) is 0 Å². The molecular formula is C20H26N2O5S. The van der Waals surface area contributed by atoms with Gasteiger partial charge in [-0.2, -0.15) is 0 Å². The SMILES string of the molecule is CC(c1ccccc1C(=O)O)S(=O)(=O)Nc1ccc(OCCCN(C)C)cc1. The minimum Gasteiger partial charge on any atom is -0.494 e. The van der Waals surface area contributed by atoms with Gasteiger partial charge in [0.15, 0.2) is 0 Å². The lowest BCUT2D eigenvalue weighted by Gasteiger charge is -2.17. The zero-order valence-corrected chi connectivity index (χ0v) is 17.1. The smallest absolute Gasteiger partial charge is 0.336 e. The van der Waals surface area contributed by atoms with Gasteiger partial charge in [-0.05, 0) is 63.3 Å². The second-order valence-electron chi connectivity index (χ2n) is 6.71. The molecule has 2 aromatic rings. The molecule has 0 amide bonds. The number of benzene rings is 2. The average Bonchev–Trinajstić information content (AvgIpc) is 2.65. The molecule has 2 N–H and O–H groups in total. The molecule has 0 radical (unpaired) electrons. The van der Waals surface area contributed by atoms with Crippen LogP contribution in [0.5, 0.6) is 5.75 Å². The third-order valence-electron chi connectivity index (χ3n) is 4.23. The van der Waals surface area contributed by atoms with Crippen molar-refractivity contribution in [2.24, 2.45) is 0 Å². The Bertz CT molecular complexity index is 895. The molecule has 0 spiro atoms. The maximum Gasteiger partial charge on any atom is 0.336 e. The number of hydrogen-bond acceptors (Lipinski definition) is 5. The zero-order valence-electron chi connectivity index (χ0n) is 16.3. The first-order valence-electron chi connectivity index (χ1n) is 8.92. The number of carboxylic acids is 1. The Balaban J connectivity index is 2.05. The number of aromatic carboxylic acids is 1. The fourth-order valence-corrected chi connectivity index (χ4v) is 3.84. The lowest BCUT2D eigenvalue weighted by molar-refractivity contribution is 0.0695. The highest BCUT2D eigenvalue weighted by molar-refractivity contribution is 7.92. The molecule has 2 aromatic carbocycles. The quantitative estimate of drug-likeness (QED) is 0.588. The van der Waals surface area contributed by atoms with Gasteiger partial charge in [0.1, 0.15) is 11.0 Å². The summed E-state index contributed by atoms with van der Waals surface area (Å²) in [5, 5.41) is 8.26. The van der Waals surface area contributed by atoms with Crippen molar-refractivity contribution in [1.29, 1.82) is 0 Å². The van der Waals surface area contributed by atoms with Crippen molar-refractivity contribution in [1.82, 2.24) is 4.90 Å². The maximum atomic E-state index is 12.7. The normalized spacial score (nSPS) is 12.6. The van der Waals surface area contributed by atoms with Crippen LogP contribution in [-0.4, -0.2) is 51.6 Å². The molecule has 0 aromatic heterocycles. The topological polar surface area (TPSA) is 95.9 Å². The van der Waals surface area contributed by atoms with Crippen LogP contribution in [0.3, 0.4) is 0 Å². The Labute approximate surface area is 166 Å². The van der Waals surface area contributed by atoms with Crippen molar-refractivity contribution in [3.05, 3.63) is 59.7 Å². The number of rotatable bonds is 10. The molecule has 1 atom stereocenters. The van der Waals surface area contributed by atoms with E-state index in [4.69, 9.17) is 4.74 Å². The van der Waals surface area contributed by atoms with Crippen molar-refractivity contribution in [2.75, 3.05) is 32.0 Å². The molecule has 0 saturated heterocycles. The molecule has 0 heterocycles. The summed E-state index contributed by atoms with van der Waals surface area (Å²) >= 11 is 0. The summed E-state index contributed by atoms with van der Waals surface area (Å²) in [7, 11) is 0.168. The van der Waals surface area contributed by atoms with E-state index in [1.165, 1.54) is 19.1 Å². The van der Waals surface area contributed by atoms with E-state index in [1.54, 1.807) is 36.4 Å². The van der Waals surface area contributed by atoms with E-state index < -0.39 is 21.2 Å². The van der Waals surface area contributed by atoms with Gasteiger partial charge in [-0.3, -0.25) is 4.72 Å². The lowest BCUT2D eigenvalue weighted by atomic mass is 10.1. The van der Waals surface area contributed by atoms with Gasteiger partial charge in [0, 0.05) is 12.2 Å². The number of nitrogens with one attached hydrogen (secondary N) is 1. The largest absolute Gasteiger partial charge is 0.494 e. The van der Waals surface area contributed by atoms with Gasteiger partial charge in [0.25, 0.3) is 0 Å². The van der Waals surface area contributed by atoms with Gasteiger partial charge in [-0.1, -0.05) is 18.2 Å². The van der Waals surface area contributed by atoms with Crippen LogP contribution in [0.25, 0.3) is 0 Å². The molecule has 0 saturated carbocycles. The van der Waals surface area contributed by atoms with Gasteiger partial charge in [0.05, 0.1) is 12.2 Å². The lowest BCUT2D eigenvalue weighted by Crippen LogP contribution is -2.21. The van der Waals surface area contributed by atoms with E-state index in [0.29, 0.717) is 18.0 Å². The van der Waals surface area contributed by atoms with Gasteiger partial charge < -0.3 is 14.7 Å². The second-order valence-corrected chi connectivity index (χ2v) is 8.71. The van der Waals surface area contributed by atoms with E-state index in [1.807, 2.05) is 14.1 Å². The number of carboxylic acid groups (broad SMARTS) is 1. The van der Waals surface area contributed by atoms with E-state index in [-0.39, 0.29) is 11.1 Å². The molecule has 0 fully saturated rings. The molecule has 1 unspecified atom stereocenters. The maximum absolute atomic E-state index is 12.7. The molecule has 8 heteroatoms. The Morgan fingerprint density at radius 1 is 1.14 bits per heavy atom. The molecule has 7 nitrogen and oxygen atoms in total. The highest BCUT2D eigenvalue weighted by Gasteiger charge is 2.26. The number of hydrogen-bond donors (Lipinski definition) is 2. The summed E-state index contributed by atoms with van der Waals surface area (Å²) in [6, 6.07) is 12.7. The predicted octanol–water partition coefficient (Wildman–Crippen LogP) is 3.22. The summed E-state index contributed by atoms with van der Waals surface area (Å²) in [5.74, 6) is -0.501. The second kappa shape index (κ2) is 9.57. The van der Waals surface area contributed by atoms with Crippen LogP contribution in [0.15, 0.2) is 48.5 Å². The number of sulfonamides is 1. The first-order valence-corrected chi connectivity index (χ1v) is 10.5. The van der Waals surface area contributed by atoms with Gasteiger partial charge in [-0.15, -0.1) is 0 Å². The Kier molecular flexibility index (Phi) is 7.42. The third-order valence-corrected chi connectivity index (χ3v) is 5.93. The molecule has 0 aliphatic heterocycles. The van der Waals surface area contributed by atoms with Crippen molar-refractivity contribution in [2.45, 2.75) is 18.6 Å². The summed E-state index contributed by atoms with van der Waals surface area (Å²) < 4.78 is 33.5. The molecular weight excluding hydrogens is 380 g/mol. The monoisotopic (exact) mass is 406 g/mol. The fraction of sp³-hybridized carbons (Fsp3) is 0.350. The number of ether oxygens (including phenoxy) is 1. The third kappa shape index (κ3) is 5.97. The minimum atomic E-state index is -3.83. The van der Waals surface area contributed by atoms with E-state index >= 15 is 0 Å². The van der Waals surface area contributed by atoms with E-state index in [0.717, 1.165) is 13.0 Å². The van der Waals surface area contributed by atoms with Gasteiger partial charge in [0.2, 0.25) is 10.0 Å². The van der Waals surface area contributed by atoms with E-state index in [2.05, 4.69) is 9.62 Å². The molecule has 2 rings (SSSR count). The standard InChI is InChI=1S/C20H26N2O5S/c1-15(18-7-4-5-8-19(18)20(23)24)28(25,26)21-16-9-11-17(12-10-16)27-14-6-13-22(2)3/h4-5,7-12,15,21H,6,13-14H2,1-3H3,(H,23,24). The summed E-state index contributed by atoms with van der Waals surface area (Å²) in [6.07, 6.45) is 0.891. The molecule has 0 bridgehead atoms. The number of nitrogens with zero attached hydrogens (tertiary/aromatic N) is 1. The van der Waals surface area contributed by atoms with E-state index in [9.17, 15) is 18.3 Å². The Morgan fingerprint density at radius 3 is 2.39 bits per heavy atom. The molecule has 0 aliphatic carbocycles. The van der Waals surface area contributed by atoms with Crippen LogP contribution < -0.4 is 9.46 Å². The van der Waals surface area contributed by atoms with Gasteiger partial charge >= 0.3 is 5.97 Å². The minimum absolute atomic E-state index is 0.0261. The zero-order chi connectivity index (χ0) is 20.7. The first kappa shape index (κ1) is 21.7. The van der Waals surface area contributed by atoms with Gasteiger partial charge in [-0.25, -0.2) is 13.2 Å². The highest BCUT2D eigenvalue weighted by Crippen LogP contribution is 2.27. The predicted molar refractivity (Wildman–Crippen MR) is 109 cm³/mol. The van der Waals surface area contributed by atoms with Crippen molar-refractivity contribution >= 4 is 21.7 Å². The Hall–Kier alpha value is -2.58. The first-order chi connectivity index (χ1) is 13.2. The van der Waals surface area contributed by atoms with Crippen molar-refractivity contribution in [3.8, 4) is 5.75 Å². The van der Waals surface area contributed by atoms with Crippen LogP contribution in [0.4, 0.5) is 5.69 Å². The Morgan fingerprint density at radius 2 is 1.79 bits per heavy atom. The van der Waals surface area contributed by atoms with Crippen LogP contribution in [0, 0.1) is 0 Å².